The second-order valence-electron chi connectivity index (χ2n) is 4.98. The molecule has 0 aromatic heterocycles. The number of carbonyl (C=O) groups is 3. The molecular formula is C14H18N2O4. The van der Waals surface area contributed by atoms with Gasteiger partial charge in [-0.3, -0.25) is 14.4 Å². The van der Waals surface area contributed by atoms with E-state index >= 15 is 0 Å². The fraction of sp³-hybridized carbons (Fsp3) is 0.357. The van der Waals surface area contributed by atoms with Gasteiger partial charge in [-0.1, -0.05) is 18.2 Å². The van der Waals surface area contributed by atoms with Gasteiger partial charge in [-0.25, -0.2) is 0 Å². The smallest absolute Gasteiger partial charge is 0.325 e. The Morgan fingerprint density at radius 2 is 1.70 bits per heavy atom. The van der Waals surface area contributed by atoms with Gasteiger partial charge in [-0.2, -0.15) is 0 Å². The summed E-state index contributed by atoms with van der Waals surface area (Å²) < 4.78 is 0. The lowest BCUT2D eigenvalue weighted by Gasteiger charge is -2.26. The van der Waals surface area contributed by atoms with Crippen molar-refractivity contribution in [2.24, 2.45) is 0 Å². The Morgan fingerprint density at radius 3 is 2.20 bits per heavy atom. The molecule has 1 atom stereocenters. The van der Waals surface area contributed by atoms with E-state index in [0.29, 0.717) is 5.56 Å². The van der Waals surface area contributed by atoms with Crippen molar-refractivity contribution in [1.82, 2.24) is 10.6 Å². The predicted octanol–water partition coefficient (Wildman–Crippen LogP) is 0.784. The molecule has 0 bridgehead atoms. The Morgan fingerprint density at radius 1 is 1.15 bits per heavy atom. The third kappa shape index (κ3) is 4.08. The first kappa shape index (κ1) is 15.7. The molecule has 0 saturated carbocycles. The van der Waals surface area contributed by atoms with Gasteiger partial charge in [0.05, 0.1) is 0 Å². The first-order chi connectivity index (χ1) is 9.24. The van der Waals surface area contributed by atoms with Crippen LogP contribution in [0.5, 0.6) is 0 Å². The van der Waals surface area contributed by atoms with E-state index in [9.17, 15) is 14.4 Å². The predicted molar refractivity (Wildman–Crippen MR) is 73.2 cm³/mol. The molecule has 6 heteroatoms. The Bertz CT molecular complexity index is 511. The van der Waals surface area contributed by atoms with Gasteiger partial charge in [-0.15, -0.1) is 0 Å². The molecule has 0 aliphatic carbocycles. The zero-order chi connectivity index (χ0) is 15.3. The molecule has 0 aliphatic rings. The van der Waals surface area contributed by atoms with E-state index in [0.717, 1.165) is 0 Å². The molecule has 1 aromatic carbocycles. The summed E-state index contributed by atoms with van der Waals surface area (Å²) in [5.74, 6) is -2.09. The van der Waals surface area contributed by atoms with Crippen LogP contribution in [-0.4, -0.2) is 34.5 Å². The van der Waals surface area contributed by atoms with Crippen LogP contribution in [-0.2, 0) is 9.59 Å². The highest BCUT2D eigenvalue weighted by Gasteiger charge is 2.31. The van der Waals surface area contributed by atoms with E-state index in [1.165, 1.54) is 20.8 Å². The summed E-state index contributed by atoms with van der Waals surface area (Å²) in [5.41, 5.74) is -0.781. The van der Waals surface area contributed by atoms with Gasteiger partial charge in [0.2, 0.25) is 5.91 Å². The van der Waals surface area contributed by atoms with E-state index < -0.39 is 29.4 Å². The average Bonchev–Trinajstić information content (AvgIpc) is 2.38. The van der Waals surface area contributed by atoms with E-state index in [-0.39, 0.29) is 0 Å². The van der Waals surface area contributed by atoms with Crippen molar-refractivity contribution in [2.45, 2.75) is 32.4 Å². The maximum Gasteiger partial charge on any atom is 0.325 e. The van der Waals surface area contributed by atoms with Crippen LogP contribution in [0.4, 0.5) is 0 Å². The highest BCUT2D eigenvalue weighted by Crippen LogP contribution is 2.06. The summed E-state index contributed by atoms with van der Waals surface area (Å²) in [6.45, 7) is 4.38. The quantitative estimate of drug-likeness (QED) is 0.741. The number of nitrogens with one attached hydrogen (secondary N) is 2. The number of hydrogen-bond donors (Lipinski definition) is 3. The van der Waals surface area contributed by atoms with E-state index in [1.807, 2.05) is 0 Å². The van der Waals surface area contributed by atoms with Crippen LogP contribution in [0.2, 0.25) is 0 Å². The summed E-state index contributed by atoms with van der Waals surface area (Å²) in [6.07, 6.45) is 0. The van der Waals surface area contributed by atoms with Crippen LogP contribution in [0.25, 0.3) is 0 Å². The summed E-state index contributed by atoms with van der Waals surface area (Å²) in [6, 6.07) is 7.45. The van der Waals surface area contributed by atoms with Gasteiger partial charge >= 0.3 is 5.97 Å². The number of rotatable bonds is 5. The number of amides is 2. The Hall–Kier alpha value is -2.37. The lowest BCUT2D eigenvalue weighted by molar-refractivity contribution is -0.142. The molecule has 0 spiro atoms. The summed E-state index contributed by atoms with van der Waals surface area (Å²) >= 11 is 0. The minimum Gasteiger partial charge on any atom is -0.480 e. The number of carbonyl (C=O) groups excluding carboxylic acids is 2. The zero-order valence-electron chi connectivity index (χ0n) is 11.6. The van der Waals surface area contributed by atoms with Gasteiger partial charge < -0.3 is 15.7 Å². The van der Waals surface area contributed by atoms with Crippen molar-refractivity contribution in [3.8, 4) is 0 Å². The Kier molecular flexibility index (Phi) is 4.85. The molecule has 2 amide bonds. The first-order valence-electron chi connectivity index (χ1n) is 6.15. The minimum absolute atomic E-state index is 0.395. The summed E-state index contributed by atoms with van der Waals surface area (Å²) in [7, 11) is 0. The molecule has 6 nitrogen and oxygen atoms in total. The molecule has 0 unspecified atom stereocenters. The van der Waals surface area contributed by atoms with Gasteiger partial charge in [-0.05, 0) is 32.9 Å². The van der Waals surface area contributed by atoms with Crippen molar-refractivity contribution in [3.63, 3.8) is 0 Å². The van der Waals surface area contributed by atoms with Crippen LogP contribution >= 0.6 is 0 Å². The van der Waals surface area contributed by atoms with Crippen LogP contribution in [0, 0.1) is 0 Å². The fourth-order valence-corrected chi connectivity index (χ4v) is 1.44. The van der Waals surface area contributed by atoms with E-state index in [2.05, 4.69) is 10.6 Å². The van der Waals surface area contributed by atoms with Gasteiger partial charge in [0.15, 0.2) is 0 Å². The van der Waals surface area contributed by atoms with E-state index in [1.54, 1.807) is 30.3 Å². The molecule has 1 rings (SSSR count). The number of carboxylic acid groups (broad SMARTS) is 1. The maximum absolute atomic E-state index is 12.0. The molecule has 0 aliphatic heterocycles. The Labute approximate surface area is 117 Å². The van der Waals surface area contributed by atoms with Gasteiger partial charge in [0.1, 0.15) is 11.6 Å². The fourth-order valence-electron chi connectivity index (χ4n) is 1.44. The van der Waals surface area contributed by atoms with Crippen molar-refractivity contribution in [3.05, 3.63) is 35.9 Å². The number of hydrogen-bond acceptors (Lipinski definition) is 3. The molecule has 1 aromatic rings. The highest BCUT2D eigenvalue weighted by molar-refractivity contribution is 5.99. The maximum atomic E-state index is 12.0. The largest absolute Gasteiger partial charge is 0.480 e. The van der Waals surface area contributed by atoms with Crippen LogP contribution in [0.3, 0.4) is 0 Å². The third-order valence-electron chi connectivity index (χ3n) is 2.75. The van der Waals surface area contributed by atoms with Crippen LogP contribution in [0.1, 0.15) is 31.1 Å². The molecular weight excluding hydrogens is 260 g/mol. The number of benzene rings is 1. The topological polar surface area (TPSA) is 95.5 Å². The molecule has 20 heavy (non-hydrogen) atoms. The molecule has 0 radical (unpaired) electrons. The Balaban J connectivity index is 2.72. The lowest BCUT2D eigenvalue weighted by Crippen LogP contribution is -2.57. The van der Waals surface area contributed by atoms with Crippen molar-refractivity contribution in [2.75, 3.05) is 0 Å². The SMILES string of the molecule is C[C@H](NC(=O)C(C)(C)NC(=O)c1ccccc1)C(=O)O. The molecule has 3 N–H and O–H groups in total. The lowest BCUT2D eigenvalue weighted by atomic mass is 10.0. The second-order valence-corrected chi connectivity index (χ2v) is 4.98. The number of aliphatic carboxylic acids is 1. The normalized spacial score (nSPS) is 12.3. The van der Waals surface area contributed by atoms with Crippen molar-refractivity contribution < 1.29 is 19.5 Å². The average molecular weight is 278 g/mol. The van der Waals surface area contributed by atoms with Gasteiger partial charge in [0.25, 0.3) is 5.91 Å². The molecule has 0 fully saturated rings. The minimum atomic E-state index is -1.21. The standard InChI is InChI=1S/C14H18N2O4/c1-9(12(18)19)15-13(20)14(2,3)16-11(17)10-7-5-4-6-8-10/h4-9H,1-3H3,(H,15,20)(H,16,17)(H,18,19)/t9-/m0/s1. The highest BCUT2D eigenvalue weighted by atomic mass is 16.4. The van der Waals surface area contributed by atoms with Crippen LogP contribution in [0.15, 0.2) is 30.3 Å². The molecule has 108 valence electrons. The zero-order valence-corrected chi connectivity index (χ0v) is 11.6. The van der Waals surface area contributed by atoms with Crippen LogP contribution < -0.4 is 10.6 Å². The monoisotopic (exact) mass is 278 g/mol. The van der Waals surface area contributed by atoms with Crippen molar-refractivity contribution in [1.29, 1.82) is 0 Å². The first-order valence-corrected chi connectivity index (χ1v) is 6.15. The molecule has 0 heterocycles. The number of carboxylic acids is 1. The van der Waals surface area contributed by atoms with E-state index in [4.69, 9.17) is 5.11 Å². The van der Waals surface area contributed by atoms with Crippen molar-refractivity contribution >= 4 is 17.8 Å². The molecule has 0 saturated heterocycles. The summed E-state index contributed by atoms with van der Waals surface area (Å²) in [5, 5.41) is 13.7. The summed E-state index contributed by atoms with van der Waals surface area (Å²) in [4.78, 5) is 34.6. The van der Waals surface area contributed by atoms with Gasteiger partial charge in [0, 0.05) is 5.56 Å². The third-order valence-corrected chi connectivity index (χ3v) is 2.75. The second kappa shape index (κ2) is 6.18.